The fraction of sp³-hybridized carbons (Fsp3) is 0.643. The standard InChI is InChI=1S/C14H20N4O4S/c1-3-6-5-8(7(19)4-2)22-12(6)18-10-9(23-14(18)21)11(20)17-13(15)16-10/h6-8,12,19H,3-5H2,1-2H3,(H3,15,16,17,20)/t6-,7-,8-,12+/m0/s1. The average Bonchev–Trinajstić information content (AvgIpc) is 3.07. The summed E-state index contributed by atoms with van der Waals surface area (Å²) >= 11 is 0.832. The van der Waals surface area contributed by atoms with Crippen LogP contribution in [0.5, 0.6) is 0 Å². The molecule has 1 saturated heterocycles. The molecule has 23 heavy (non-hydrogen) atoms. The Bertz CT molecular complexity index is 826. The van der Waals surface area contributed by atoms with Gasteiger partial charge in [-0.05, 0) is 19.3 Å². The molecule has 0 saturated carbocycles. The smallest absolute Gasteiger partial charge is 0.311 e. The van der Waals surface area contributed by atoms with Crippen LogP contribution in [0, 0.1) is 5.92 Å². The lowest BCUT2D eigenvalue weighted by Gasteiger charge is -2.19. The quantitative estimate of drug-likeness (QED) is 0.757. The van der Waals surface area contributed by atoms with Crippen molar-refractivity contribution in [2.45, 2.75) is 51.5 Å². The summed E-state index contributed by atoms with van der Waals surface area (Å²) in [4.78, 5) is 30.6. The van der Waals surface area contributed by atoms with Crippen molar-refractivity contribution in [3.05, 3.63) is 20.0 Å². The highest BCUT2D eigenvalue weighted by atomic mass is 32.1. The van der Waals surface area contributed by atoms with Crippen molar-refractivity contribution >= 4 is 27.6 Å². The van der Waals surface area contributed by atoms with E-state index in [2.05, 4.69) is 9.97 Å². The van der Waals surface area contributed by atoms with E-state index in [1.165, 1.54) is 4.57 Å². The number of ether oxygens (including phenoxy) is 1. The van der Waals surface area contributed by atoms with Crippen molar-refractivity contribution in [1.82, 2.24) is 14.5 Å². The third kappa shape index (κ3) is 2.68. The largest absolute Gasteiger partial charge is 0.390 e. The number of anilines is 1. The third-order valence-electron chi connectivity index (χ3n) is 4.37. The van der Waals surface area contributed by atoms with Crippen molar-refractivity contribution in [3.63, 3.8) is 0 Å². The molecular weight excluding hydrogens is 320 g/mol. The van der Waals surface area contributed by atoms with Gasteiger partial charge in [-0.1, -0.05) is 25.2 Å². The number of aliphatic hydroxyl groups excluding tert-OH is 1. The maximum Gasteiger partial charge on any atom is 0.311 e. The number of nitrogen functional groups attached to an aromatic ring is 1. The second-order valence-electron chi connectivity index (χ2n) is 5.79. The summed E-state index contributed by atoms with van der Waals surface area (Å²) in [5.74, 6) is 0.0317. The SMILES string of the molecule is CC[C@H]1C[C@@H]([C@@H](O)CC)O[C@H]1n1c(=O)sc2c(=O)[nH]c(N)nc21. The highest BCUT2D eigenvalue weighted by Gasteiger charge is 2.40. The zero-order valence-corrected chi connectivity index (χ0v) is 13.8. The van der Waals surface area contributed by atoms with Crippen LogP contribution in [0.3, 0.4) is 0 Å². The molecule has 8 nitrogen and oxygen atoms in total. The molecule has 4 atom stereocenters. The summed E-state index contributed by atoms with van der Waals surface area (Å²) < 4.78 is 7.60. The Morgan fingerprint density at radius 1 is 1.52 bits per heavy atom. The van der Waals surface area contributed by atoms with E-state index < -0.39 is 17.9 Å². The molecule has 126 valence electrons. The first kappa shape index (κ1) is 16.2. The van der Waals surface area contributed by atoms with E-state index in [1.807, 2.05) is 13.8 Å². The van der Waals surface area contributed by atoms with E-state index in [0.29, 0.717) is 12.8 Å². The van der Waals surface area contributed by atoms with Crippen LogP contribution in [0.2, 0.25) is 0 Å². The van der Waals surface area contributed by atoms with Crippen LogP contribution in [0.15, 0.2) is 9.59 Å². The summed E-state index contributed by atoms with van der Waals surface area (Å²) in [6.45, 7) is 3.90. The Labute approximate surface area is 135 Å². The van der Waals surface area contributed by atoms with Gasteiger partial charge in [0.15, 0.2) is 5.65 Å². The van der Waals surface area contributed by atoms with Crippen molar-refractivity contribution < 1.29 is 9.84 Å². The number of nitrogens with one attached hydrogen (secondary N) is 1. The molecule has 0 aliphatic carbocycles. The molecule has 0 amide bonds. The van der Waals surface area contributed by atoms with E-state index in [1.54, 1.807) is 0 Å². The molecule has 3 rings (SSSR count). The predicted molar refractivity (Wildman–Crippen MR) is 87.5 cm³/mol. The molecule has 1 aliphatic rings. The number of thiazole rings is 1. The first-order valence-electron chi connectivity index (χ1n) is 7.70. The maximum absolute atomic E-state index is 12.4. The molecule has 2 aromatic rings. The van der Waals surface area contributed by atoms with Gasteiger partial charge in [-0.15, -0.1) is 0 Å². The highest BCUT2D eigenvalue weighted by Crippen LogP contribution is 2.39. The number of nitrogens with two attached hydrogens (primary N) is 1. The molecule has 9 heteroatoms. The van der Waals surface area contributed by atoms with Crippen LogP contribution >= 0.6 is 11.3 Å². The maximum atomic E-state index is 12.4. The first-order chi connectivity index (χ1) is 11.0. The van der Waals surface area contributed by atoms with E-state index in [9.17, 15) is 14.7 Å². The number of aliphatic hydroxyl groups is 1. The summed E-state index contributed by atoms with van der Waals surface area (Å²) in [7, 11) is 0. The minimum absolute atomic E-state index is 0.0368. The number of rotatable bonds is 4. The van der Waals surface area contributed by atoms with Gasteiger partial charge in [-0.3, -0.25) is 19.1 Å². The van der Waals surface area contributed by atoms with Crippen LogP contribution in [0.4, 0.5) is 5.95 Å². The van der Waals surface area contributed by atoms with E-state index in [0.717, 1.165) is 17.8 Å². The second-order valence-corrected chi connectivity index (χ2v) is 6.75. The third-order valence-corrected chi connectivity index (χ3v) is 5.31. The zero-order valence-electron chi connectivity index (χ0n) is 13.0. The second kappa shape index (κ2) is 6.06. The Morgan fingerprint density at radius 3 is 2.91 bits per heavy atom. The van der Waals surface area contributed by atoms with Crippen LogP contribution in [0.25, 0.3) is 10.3 Å². The van der Waals surface area contributed by atoms with Gasteiger partial charge < -0.3 is 15.6 Å². The summed E-state index contributed by atoms with van der Waals surface area (Å²) in [5, 5.41) is 10.1. The van der Waals surface area contributed by atoms with Crippen LogP contribution < -0.4 is 16.2 Å². The van der Waals surface area contributed by atoms with Gasteiger partial charge in [0.25, 0.3) is 5.56 Å². The van der Waals surface area contributed by atoms with Gasteiger partial charge in [0.05, 0.1) is 12.2 Å². The predicted octanol–water partition coefficient (Wildman–Crippen LogP) is 0.813. The molecule has 0 radical (unpaired) electrons. The Hall–Kier alpha value is -1.71. The number of H-pyrrole nitrogens is 1. The number of aromatic nitrogens is 3. The van der Waals surface area contributed by atoms with Gasteiger partial charge >= 0.3 is 4.87 Å². The number of hydrogen-bond donors (Lipinski definition) is 3. The minimum atomic E-state index is -0.573. The lowest BCUT2D eigenvalue weighted by molar-refractivity contribution is -0.0655. The fourth-order valence-corrected chi connectivity index (χ4v) is 3.92. The molecule has 0 aromatic carbocycles. The zero-order chi connectivity index (χ0) is 16.7. The monoisotopic (exact) mass is 340 g/mol. The molecule has 1 fully saturated rings. The number of nitrogens with zero attached hydrogens (tertiary/aromatic N) is 2. The van der Waals surface area contributed by atoms with E-state index in [-0.39, 0.29) is 33.2 Å². The van der Waals surface area contributed by atoms with Gasteiger partial charge in [0.2, 0.25) is 5.95 Å². The van der Waals surface area contributed by atoms with Gasteiger partial charge in [0.1, 0.15) is 10.9 Å². The molecule has 0 spiro atoms. The van der Waals surface area contributed by atoms with Crippen LogP contribution in [-0.2, 0) is 4.74 Å². The van der Waals surface area contributed by atoms with Gasteiger partial charge in [-0.2, -0.15) is 4.98 Å². The summed E-state index contributed by atoms with van der Waals surface area (Å²) in [6, 6.07) is 0. The summed E-state index contributed by atoms with van der Waals surface area (Å²) in [5.41, 5.74) is 5.43. The molecule has 3 heterocycles. The first-order valence-corrected chi connectivity index (χ1v) is 8.52. The number of hydrogen-bond acceptors (Lipinski definition) is 7. The molecular formula is C14H20N4O4S. The van der Waals surface area contributed by atoms with Crippen molar-refractivity contribution in [3.8, 4) is 0 Å². The van der Waals surface area contributed by atoms with Crippen LogP contribution in [-0.4, -0.2) is 31.8 Å². The Balaban J connectivity index is 2.10. The molecule has 2 aromatic heterocycles. The normalized spacial score (nSPS) is 26.0. The topological polar surface area (TPSA) is 123 Å². The van der Waals surface area contributed by atoms with Crippen molar-refractivity contribution in [2.24, 2.45) is 5.92 Å². The number of fused-ring (bicyclic) bond motifs is 1. The van der Waals surface area contributed by atoms with Gasteiger partial charge in [-0.25, -0.2) is 0 Å². The molecule has 1 aliphatic heterocycles. The molecule has 0 bridgehead atoms. The Morgan fingerprint density at radius 2 is 2.26 bits per heavy atom. The minimum Gasteiger partial charge on any atom is -0.390 e. The number of aromatic amines is 1. The lowest BCUT2D eigenvalue weighted by atomic mass is 9.97. The Kier molecular flexibility index (Phi) is 4.26. The summed E-state index contributed by atoms with van der Waals surface area (Å²) in [6.07, 6.45) is 0.602. The van der Waals surface area contributed by atoms with E-state index >= 15 is 0 Å². The van der Waals surface area contributed by atoms with Gasteiger partial charge in [0, 0.05) is 5.92 Å². The fourth-order valence-electron chi connectivity index (χ4n) is 3.08. The highest BCUT2D eigenvalue weighted by molar-refractivity contribution is 7.16. The molecule has 0 unspecified atom stereocenters. The lowest BCUT2D eigenvalue weighted by Crippen LogP contribution is -2.27. The van der Waals surface area contributed by atoms with Crippen molar-refractivity contribution in [1.29, 1.82) is 0 Å². The van der Waals surface area contributed by atoms with E-state index in [4.69, 9.17) is 10.5 Å². The van der Waals surface area contributed by atoms with Crippen molar-refractivity contribution in [2.75, 3.05) is 5.73 Å². The average molecular weight is 340 g/mol. The molecule has 4 N–H and O–H groups in total. The van der Waals surface area contributed by atoms with Crippen LogP contribution in [0.1, 0.15) is 39.3 Å².